The van der Waals surface area contributed by atoms with Gasteiger partial charge in [0.05, 0.1) is 23.7 Å². The maximum absolute atomic E-state index is 9.98. The summed E-state index contributed by atoms with van der Waals surface area (Å²) in [6.07, 6.45) is 2.26. The predicted octanol–water partition coefficient (Wildman–Crippen LogP) is 2.82. The number of hydrogen-bond acceptors (Lipinski definition) is 4. The number of aliphatic hydroxyl groups excluding tert-OH is 1. The van der Waals surface area contributed by atoms with Crippen LogP contribution in [0.15, 0.2) is 33.5 Å². The first-order chi connectivity index (χ1) is 8.24. The van der Waals surface area contributed by atoms with Crippen molar-refractivity contribution in [2.75, 3.05) is 6.54 Å². The van der Waals surface area contributed by atoms with Gasteiger partial charge in [-0.05, 0) is 12.1 Å². The Bertz CT molecular complexity index is 634. The third-order valence-electron chi connectivity index (χ3n) is 2.86. The van der Waals surface area contributed by atoms with Gasteiger partial charge in [-0.15, -0.1) is 0 Å². The molecule has 17 heavy (non-hydrogen) atoms. The summed E-state index contributed by atoms with van der Waals surface area (Å²) in [6.45, 7) is 0.109. The molecule has 2 aromatic heterocycles. The van der Waals surface area contributed by atoms with Crippen molar-refractivity contribution >= 4 is 33.5 Å². The molecular formula is C12H10ClNO3. The molecule has 1 aromatic carbocycles. The van der Waals surface area contributed by atoms with Crippen LogP contribution in [-0.4, -0.2) is 11.7 Å². The number of aliphatic hydroxyl groups is 1. The highest BCUT2D eigenvalue weighted by Gasteiger charge is 2.21. The van der Waals surface area contributed by atoms with E-state index in [0.29, 0.717) is 21.8 Å². The first-order valence-corrected chi connectivity index (χ1v) is 5.55. The zero-order valence-electron chi connectivity index (χ0n) is 8.81. The van der Waals surface area contributed by atoms with Crippen LogP contribution in [0.3, 0.4) is 0 Å². The molecule has 0 bridgehead atoms. The van der Waals surface area contributed by atoms with Crippen molar-refractivity contribution in [2.45, 2.75) is 6.10 Å². The Morgan fingerprint density at radius 3 is 2.53 bits per heavy atom. The summed E-state index contributed by atoms with van der Waals surface area (Å²) in [6, 6.07) is 3.49. The Hall–Kier alpha value is -1.49. The van der Waals surface area contributed by atoms with Gasteiger partial charge in [0.25, 0.3) is 0 Å². The van der Waals surface area contributed by atoms with Crippen LogP contribution in [0.2, 0.25) is 5.02 Å². The van der Waals surface area contributed by atoms with E-state index in [1.807, 2.05) is 0 Å². The third-order valence-corrected chi connectivity index (χ3v) is 3.23. The second-order valence-electron chi connectivity index (χ2n) is 3.81. The monoisotopic (exact) mass is 251 g/mol. The van der Waals surface area contributed by atoms with Crippen molar-refractivity contribution in [1.82, 2.24) is 0 Å². The minimum absolute atomic E-state index is 0.109. The first-order valence-electron chi connectivity index (χ1n) is 5.18. The summed E-state index contributed by atoms with van der Waals surface area (Å²) in [5, 5.41) is 11.9. The smallest absolute Gasteiger partial charge is 0.153 e. The minimum Gasteiger partial charge on any atom is -0.464 e. The zero-order valence-corrected chi connectivity index (χ0v) is 9.57. The molecule has 0 saturated heterocycles. The molecule has 0 aliphatic rings. The molecule has 3 N–H and O–H groups in total. The maximum atomic E-state index is 9.98. The van der Waals surface area contributed by atoms with E-state index in [1.54, 1.807) is 12.1 Å². The summed E-state index contributed by atoms with van der Waals surface area (Å²) in [5.41, 5.74) is 7.23. The number of fused-ring (bicyclic) bond motifs is 2. The van der Waals surface area contributed by atoms with Gasteiger partial charge in [-0.1, -0.05) is 11.6 Å². The summed E-state index contributed by atoms with van der Waals surface area (Å²) in [4.78, 5) is 0. The fourth-order valence-corrected chi connectivity index (χ4v) is 2.37. The quantitative estimate of drug-likeness (QED) is 0.735. The van der Waals surface area contributed by atoms with Crippen LogP contribution in [0, 0.1) is 0 Å². The van der Waals surface area contributed by atoms with E-state index in [9.17, 15) is 5.11 Å². The van der Waals surface area contributed by atoms with Gasteiger partial charge in [0.1, 0.15) is 5.58 Å². The van der Waals surface area contributed by atoms with E-state index >= 15 is 0 Å². The lowest BCUT2D eigenvalue weighted by molar-refractivity contribution is 0.188. The van der Waals surface area contributed by atoms with Gasteiger partial charge in [0.15, 0.2) is 5.58 Å². The van der Waals surface area contributed by atoms with E-state index < -0.39 is 6.10 Å². The normalized spacial score (nSPS) is 13.6. The second kappa shape index (κ2) is 3.77. The van der Waals surface area contributed by atoms with Gasteiger partial charge in [0.2, 0.25) is 0 Å². The molecule has 2 heterocycles. The van der Waals surface area contributed by atoms with Crippen LogP contribution in [0.5, 0.6) is 0 Å². The summed E-state index contributed by atoms with van der Waals surface area (Å²) < 4.78 is 10.7. The van der Waals surface area contributed by atoms with Crippen molar-refractivity contribution < 1.29 is 13.9 Å². The van der Waals surface area contributed by atoms with Crippen molar-refractivity contribution in [3.8, 4) is 0 Å². The van der Waals surface area contributed by atoms with Crippen LogP contribution < -0.4 is 5.73 Å². The molecule has 3 aromatic rings. The van der Waals surface area contributed by atoms with E-state index in [1.165, 1.54) is 12.5 Å². The van der Waals surface area contributed by atoms with E-state index in [4.69, 9.17) is 26.2 Å². The Labute approximate surface area is 102 Å². The molecule has 0 radical (unpaired) electrons. The number of hydrogen-bond donors (Lipinski definition) is 2. The lowest BCUT2D eigenvalue weighted by Gasteiger charge is -2.10. The average molecular weight is 252 g/mol. The van der Waals surface area contributed by atoms with Gasteiger partial charge in [-0.2, -0.15) is 0 Å². The highest BCUT2D eigenvalue weighted by atomic mass is 35.5. The van der Waals surface area contributed by atoms with Gasteiger partial charge in [-0.3, -0.25) is 0 Å². The van der Waals surface area contributed by atoms with Crippen LogP contribution in [0.25, 0.3) is 21.9 Å². The molecular weight excluding hydrogens is 242 g/mol. The lowest BCUT2D eigenvalue weighted by atomic mass is 10.0. The molecule has 0 spiro atoms. The molecule has 88 valence electrons. The molecule has 5 heteroatoms. The average Bonchev–Trinajstić information content (AvgIpc) is 2.96. The summed E-state index contributed by atoms with van der Waals surface area (Å²) >= 11 is 6.21. The molecule has 1 atom stereocenters. The fourth-order valence-electron chi connectivity index (χ4n) is 2.08. The van der Waals surface area contributed by atoms with Crippen LogP contribution in [0.4, 0.5) is 0 Å². The molecule has 0 amide bonds. The molecule has 0 saturated carbocycles. The van der Waals surface area contributed by atoms with Crippen molar-refractivity contribution in [3.63, 3.8) is 0 Å². The predicted molar refractivity (Wildman–Crippen MR) is 65.0 cm³/mol. The Kier molecular flexibility index (Phi) is 2.36. The molecule has 0 aliphatic carbocycles. The summed E-state index contributed by atoms with van der Waals surface area (Å²) in [5.74, 6) is 0. The number of rotatable bonds is 2. The third kappa shape index (κ3) is 1.38. The number of furan rings is 2. The second-order valence-corrected chi connectivity index (χ2v) is 4.18. The van der Waals surface area contributed by atoms with Gasteiger partial charge in [0, 0.05) is 22.9 Å². The topological polar surface area (TPSA) is 72.5 Å². The molecule has 0 fully saturated rings. The van der Waals surface area contributed by atoms with Crippen molar-refractivity contribution in [1.29, 1.82) is 0 Å². The Morgan fingerprint density at radius 2 is 1.82 bits per heavy atom. The number of benzene rings is 1. The standard InChI is InChI=1S/C12H10ClNO3/c13-10-7-2-4-16-11(7)9(8(15)5-14)6-1-3-17-12(6)10/h1-4,8,15H,5,14H2. The van der Waals surface area contributed by atoms with Crippen LogP contribution in [-0.2, 0) is 0 Å². The largest absolute Gasteiger partial charge is 0.464 e. The number of nitrogens with two attached hydrogens (primary N) is 1. The minimum atomic E-state index is -0.805. The van der Waals surface area contributed by atoms with Crippen LogP contribution in [0.1, 0.15) is 11.7 Å². The van der Waals surface area contributed by atoms with Crippen molar-refractivity contribution in [2.24, 2.45) is 5.73 Å². The van der Waals surface area contributed by atoms with E-state index in [0.717, 1.165) is 10.8 Å². The fraction of sp³-hybridized carbons (Fsp3) is 0.167. The van der Waals surface area contributed by atoms with Gasteiger partial charge in [-0.25, -0.2) is 0 Å². The molecule has 4 nitrogen and oxygen atoms in total. The first kappa shape index (κ1) is 10.7. The SMILES string of the molecule is NCC(O)c1c2ccoc2c(Cl)c2ccoc12. The van der Waals surface area contributed by atoms with E-state index in [-0.39, 0.29) is 6.54 Å². The summed E-state index contributed by atoms with van der Waals surface area (Å²) in [7, 11) is 0. The Balaban J connectivity index is 2.52. The molecule has 0 aliphatic heterocycles. The van der Waals surface area contributed by atoms with Crippen molar-refractivity contribution in [3.05, 3.63) is 35.2 Å². The number of halogens is 1. The highest BCUT2D eigenvalue weighted by Crippen LogP contribution is 2.39. The van der Waals surface area contributed by atoms with Gasteiger partial charge >= 0.3 is 0 Å². The zero-order chi connectivity index (χ0) is 12.0. The van der Waals surface area contributed by atoms with E-state index in [2.05, 4.69) is 0 Å². The molecule has 3 rings (SSSR count). The maximum Gasteiger partial charge on any atom is 0.153 e. The molecule has 1 unspecified atom stereocenters. The lowest BCUT2D eigenvalue weighted by Crippen LogP contribution is -2.12. The van der Waals surface area contributed by atoms with Gasteiger partial charge < -0.3 is 19.7 Å². The van der Waals surface area contributed by atoms with Crippen LogP contribution >= 0.6 is 11.6 Å². The Morgan fingerprint density at radius 1 is 1.18 bits per heavy atom. The highest BCUT2D eigenvalue weighted by molar-refractivity contribution is 6.40.